The lowest BCUT2D eigenvalue weighted by Crippen LogP contribution is -2.04. The standard InChI is InChI=1S/2C2H6O.H2N2O2.2HNO3/c2*1-2-3;1-2(3)4;2*2-1(3)4/h2*3H,2H2,1H3;1H2;2*(H,2,3,4). The van der Waals surface area contributed by atoms with Gasteiger partial charge in [0.25, 0.3) is 10.2 Å². The molecule has 6 N–H and O–H groups in total. The Balaban J connectivity index is -0.0000000394. The molecule has 0 rings (SSSR count). The zero-order chi connectivity index (χ0) is 16.1. The third-order valence-electron chi connectivity index (χ3n) is 0. The Morgan fingerprint density at radius 1 is 0.889 bits per heavy atom. The van der Waals surface area contributed by atoms with E-state index >= 15 is 0 Å². The van der Waals surface area contributed by atoms with Gasteiger partial charge in [0, 0.05) is 13.2 Å². The molecule has 0 aliphatic carbocycles. The lowest BCUT2D eigenvalue weighted by atomic mass is 10.9. The van der Waals surface area contributed by atoms with Gasteiger partial charge >= 0.3 is 0 Å². The Kier molecular flexibility index (Phi) is 60.1. The smallest absolute Gasteiger partial charge is 0.291 e. The number of aliphatic hydroxyl groups is 2. The summed E-state index contributed by atoms with van der Waals surface area (Å²) in [5.41, 5.74) is 0. The van der Waals surface area contributed by atoms with Crippen LogP contribution < -0.4 is 5.84 Å². The van der Waals surface area contributed by atoms with Gasteiger partial charge < -0.3 is 20.6 Å². The normalized spacial score (nSPS) is 6.00. The van der Waals surface area contributed by atoms with Crippen molar-refractivity contribution < 1.29 is 35.8 Å². The van der Waals surface area contributed by atoms with E-state index in [0.717, 1.165) is 0 Å². The molecule has 0 bridgehead atoms. The molecule has 0 heterocycles. The first-order valence-electron chi connectivity index (χ1n) is 3.80. The second-order valence-electron chi connectivity index (χ2n) is 1.39. The zero-order valence-corrected chi connectivity index (χ0v) is 9.57. The molecule has 14 nitrogen and oxygen atoms in total. The van der Waals surface area contributed by atoms with Crippen molar-refractivity contribution >= 4 is 0 Å². The highest BCUT2D eigenvalue weighted by molar-refractivity contribution is 3.87. The number of nitrogens with two attached hydrogens (primary N) is 1. The average Bonchev–Trinajstić information content (AvgIpc) is 2.00. The van der Waals surface area contributed by atoms with Gasteiger partial charge in [0.05, 0.1) is 0 Å². The van der Waals surface area contributed by atoms with E-state index in [0.29, 0.717) is 0 Å². The minimum atomic E-state index is -1.50. The molecular formula is C4H16N4O10. The number of nitrogens with zero attached hydrogens (tertiary/aromatic N) is 3. The van der Waals surface area contributed by atoms with Gasteiger partial charge in [-0.25, -0.2) is 10.1 Å². The number of nitro groups is 1. The second-order valence-corrected chi connectivity index (χ2v) is 1.39. The summed E-state index contributed by atoms with van der Waals surface area (Å²) in [6, 6.07) is 0. The Morgan fingerprint density at radius 2 is 0.889 bits per heavy atom. The number of hydrazine groups is 1. The maximum absolute atomic E-state index is 8.58. The Morgan fingerprint density at radius 3 is 0.889 bits per heavy atom. The summed E-state index contributed by atoms with van der Waals surface area (Å²) in [5, 5.41) is 50.0. The largest absolute Gasteiger partial charge is 0.397 e. The van der Waals surface area contributed by atoms with Crippen molar-refractivity contribution in [2.45, 2.75) is 13.8 Å². The lowest BCUT2D eigenvalue weighted by molar-refractivity contribution is -0.742. The molecule has 0 fully saturated rings. The molecule has 0 aromatic heterocycles. The monoisotopic (exact) mass is 280 g/mol. The molecule has 0 amide bonds. The average molecular weight is 280 g/mol. The van der Waals surface area contributed by atoms with Crippen molar-refractivity contribution in [1.82, 2.24) is 0 Å². The highest BCUT2D eigenvalue weighted by Crippen LogP contribution is 1.38. The van der Waals surface area contributed by atoms with E-state index in [1.807, 2.05) is 0 Å². The lowest BCUT2D eigenvalue weighted by Gasteiger charge is -1.61. The highest BCUT2D eigenvalue weighted by atomic mass is 16.9. The Labute approximate surface area is 100 Å². The van der Waals surface area contributed by atoms with Gasteiger partial charge in [-0.3, -0.25) is 0 Å². The predicted molar refractivity (Wildman–Crippen MR) is 54.3 cm³/mol. The number of hydrogen-bond acceptors (Lipinski definition) is 8. The van der Waals surface area contributed by atoms with Crippen LogP contribution in [0.5, 0.6) is 0 Å². The van der Waals surface area contributed by atoms with Crippen molar-refractivity contribution in [2.75, 3.05) is 13.2 Å². The number of hydrogen-bond donors (Lipinski definition) is 5. The van der Waals surface area contributed by atoms with Crippen LogP contribution >= 0.6 is 0 Å². The molecule has 0 aliphatic heterocycles. The predicted octanol–water partition coefficient (Wildman–Crippen LogP) is -1.56. The summed E-state index contributed by atoms with van der Waals surface area (Å²) < 4.78 is 0. The molecular weight excluding hydrogens is 264 g/mol. The molecule has 0 atom stereocenters. The van der Waals surface area contributed by atoms with Crippen molar-refractivity contribution in [3.05, 3.63) is 30.3 Å². The zero-order valence-electron chi connectivity index (χ0n) is 9.57. The molecule has 0 aromatic carbocycles. The van der Waals surface area contributed by atoms with Gasteiger partial charge in [-0.1, -0.05) is 0 Å². The van der Waals surface area contributed by atoms with E-state index in [1.165, 1.54) is 0 Å². The van der Waals surface area contributed by atoms with Crippen LogP contribution in [0.3, 0.4) is 0 Å². The molecule has 0 saturated carbocycles. The van der Waals surface area contributed by atoms with Crippen LogP contribution in [-0.2, 0) is 0 Å². The van der Waals surface area contributed by atoms with E-state index in [-0.39, 0.29) is 13.2 Å². The maximum atomic E-state index is 8.58. The van der Waals surface area contributed by atoms with Gasteiger partial charge in [-0.05, 0) is 13.8 Å². The van der Waals surface area contributed by atoms with E-state index in [1.54, 1.807) is 13.8 Å². The summed E-state index contributed by atoms with van der Waals surface area (Å²) in [4.78, 5) is 25.3. The topological polar surface area (TPSA) is 236 Å². The fourth-order valence-electron chi connectivity index (χ4n) is 0. The van der Waals surface area contributed by atoms with E-state index < -0.39 is 15.2 Å². The van der Waals surface area contributed by atoms with Crippen LogP contribution in [-0.4, -0.2) is 49.0 Å². The first-order valence-corrected chi connectivity index (χ1v) is 3.80. The Hall–Kier alpha value is -2.48. The first-order chi connectivity index (χ1) is 8.02. The fraction of sp³-hybridized carbons (Fsp3) is 1.00. The van der Waals surface area contributed by atoms with Gasteiger partial charge in [-0.2, -0.15) is 5.84 Å². The summed E-state index contributed by atoms with van der Waals surface area (Å²) in [7, 11) is 0. The SMILES string of the molecule is CCO.CCO.N[N+](=O)[O-].O=[N+]([O-])O.O=[N+]([O-])O. The molecule has 112 valence electrons. The minimum absolute atomic E-state index is 0.250. The third-order valence-corrected chi connectivity index (χ3v) is 0. The summed E-state index contributed by atoms with van der Waals surface area (Å²) in [6.45, 7) is 3.86. The molecule has 0 saturated heterocycles. The van der Waals surface area contributed by atoms with Crippen LogP contribution in [0.25, 0.3) is 0 Å². The van der Waals surface area contributed by atoms with Crippen LogP contribution in [0.2, 0.25) is 0 Å². The van der Waals surface area contributed by atoms with Crippen molar-refractivity contribution in [2.24, 2.45) is 5.84 Å². The van der Waals surface area contributed by atoms with Crippen LogP contribution in [0.1, 0.15) is 13.8 Å². The summed E-state index contributed by atoms with van der Waals surface area (Å²) in [5.74, 6) is 3.83. The number of rotatable bonds is 0. The van der Waals surface area contributed by atoms with Crippen LogP contribution in [0, 0.1) is 30.3 Å². The molecule has 0 aromatic rings. The highest BCUT2D eigenvalue weighted by Gasteiger charge is 1.65. The Bertz CT molecular complexity index is 144. The van der Waals surface area contributed by atoms with Crippen molar-refractivity contribution in [3.63, 3.8) is 0 Å². The summed E-state index contributed by atoms with van der Waals surface area (Å²) >= 11 is 0. The molecule has 14 heteroatoms. The van der Waals surface area contributed by atoms with Gasteiger partial charge in [-0.15, -0.1) is 20.2 Å². The van der Waals surface area contributed by atoms with Gasteiger partial charge in [0.15, 0.2) is 5.03 Å². The van der Waals surface area contributed by atoms with Crippen LogP contribution in [0.15, 0.2) is 0 Å². The van der Waals surface area contributed by atoms with E-state index in [9.17, 15) is 0 Å². The maximum Gasteiger partial charge on any atom is 0.291 e. The third kappa shape index (κ3) is 345. The summed E-state index contributed by atoms with van der Waals surface area (Å²) in [6.07, 6.45) is 0. The van der Waals surface area contributed by atoms with E-state index in [2.05, 4.69) is 5.84 Å². The number of aliphatic hydroxyl groups excluding tert-OH is 2. The molecule has 0 radical (unpaired) electrons. The molecule has 0 unspecified atom stereocenters. The van der Waals surface area contributed by atoms with Crippen LogP contribution in [0.4, 0.5) is 0 Å². The second kappa shape index (κ2) is 36.6. The van der Waals surface area contributed by atoms with E-state index in [4.69, 9.17) is 51.0 Å². The first kappa shape index (κ1) is 29.6. The quantitative estimate of drug-likeness (QED) is 0.193. The molecule has 0 spiro atoms. The van der Waals surface area contributed by atoms with Crippen molar-refractivity contribution in [1.29, 1.82) is 0 Å². The van der Waals surface area contributed by atoms with Crippen molar-refractivity contribution in [3.8, 4) is 0 Å². The van der Waals surface area contributed by atoms with Gasteiger partial charge in [0.1, 0.15) is 0 Å². The van der Waals surface area contributed by atoms with Gasteiger partial charge in [0.2, 0.25) is 0 Å². The molecule has 0 aliphatic rings. The molecule has 18 heavy (non-hydrogen) atoms. The minimum Gasteiger partial charge on any atom is -0.397 e. The fourth-order valence-corrected chi connectivity index (χ4v) is 0.